The number of hydrogen-bond acceptors (Lipinski definition) is 2. The maximum atomic E-state index is 11.9. The van der Waals surface area contributed by atoms with Gasteiger partial charge in [-0.3, -0.25) is 4.79 Å². The van der Waals surface area contributed by atoms with Crippen LogP contribution < -0.4 is 10.1 Å². The van der Waals surface area contributed by atoms with Gasteiger partial charge in [0.1, 0.15) is 5.75 Å². The van der Waals surface area contributed by atoms with Crippen molar-refractivity contribution in [2.24, 2.45) is 0 Å². The number of amides is 1. The second kappa shape index (κ2) is 3.89. The lowest BCUT2D eigenvalue weighted by Gasteiger charge is -2.40. The first-order valence-electron chi connectivity index (χ1n) is 7.38. The maximum absolute atomic E-state index is 11.9. The number of fused-ring (bicyclic) bond motifs is 3. The second-order valence-corrected chi connectivity index (χ2v) is 5.83. The third-order valence-electron chi connectivity index (χ3n) is 4.66. The molecule has 1 spiro atoms. The number of hydrogen-bond donors (Lipinski definition) is 1. The van der Waals surface area contributed by atoms with Crippen LogP contribution in [0.5, 0.6) is 5.75 Å². The zero-order valence-corrected chi connectivity index (χ0v) is 11.8. The van der Waals surface area contributed by atoms with Crippen molar-refractivity contribution in [2.75, 3.05) is 0 Å². The van der Waals surface area contributed by atoms with Gasteiger partial charge in [0.15, 0.2) is 5.60 Å². The van der Waals surface area contributed by atoms with E-state index in [0.717, 1.165) is 33.6 Å². The monoisotopic (exact) mass is 287 g/mol. The minimum atomic E-state index is -0.558. The van der Waals surface area contributed by atoms with Gasteiger partial charge in [0, 0.05) is 34.4 Å². The van der Waals surface area contributed by atoms with Crippen LogP contribution >= 0.6 is 0 Å². The summed E-state index contributed by atoms with van der Waals surface area (Å²) in [5.74, 6) is 0.799. The summed E-state index contributed by atoms with van der Waals surface area (Å²) < 4.78 is 6.50. The molecule has 2 aliphatic heterocycles. The van der Waals surface area contributed by atoms with E-state index < -0.39 is 5.60 Å². The maximum Gasteiger partial charge on any atom is 0.252 e. The van der Waals surface area contributed by atoms with E-state index in [9.17, 15) is 4.79 Å². The van der Waals surface area contributed by atoms with Gasteiger partial charge in [-0.05, 0) is 18.2 Å². The molecule has 1 atom stereocenters. The first-order valence-corrected chi connectivity index (χ1v) is 7.38. The third-order valence-corrected chi connectivity index (χ3v) is 4.66. The fourth-order valence-electron chi connectivity index (χ4n) is 3.56. The Labute approximate surface area is 128 Å². The summed E-state index contributed by atoms with van der Waals surface area (Å²) in [5.41, 5.74) is 4.39. The topological polar surface area (TPSA) is 38.3 Å². The zero-order valence-electron chi connectivity index (χ0n) is 11.8. The van der Waals surface area contributed by atoms with Crippen molar-refractivity contribution >= 4 is 12.0 Å². The average Bonchev–Trinajstić information content (AvgIpc) is 2.93. The Morgan fingerprint density at radius 1 is 1.09 bits per heavy atom. The van der Waals surface area contributed by atoms with Crippen LogP contribution in [0.15, 0.2) is 65.8 Å². The smallest absolute Gasteiger partial charge is 0.252 e. The summed E-state index contributed by atoms with van der Waals surface area (Å²) in [6.45, 7) is 0.533. The zero-order chi connectivity index (χ0) is 14.7. The van der Waals surface area contributed by atoms with Crippen LogP contribution in [-0.2, 0) is 6.54 Å². The van der Waals surface area contributed by atoms with E-state index in [4.69, 9.17) is 4.74 Å². The fraction of sp³-hybridized carbons (Fsp3) is 0.105. The fourth-order valence-corrected chi connectivity index (χ4v) is 3.56. The Morgan fingerprint density at radius 3 is 2.95 bits per heavy atom. The number of rotatable bonds is 0. The van der Waals surface area contributed by atoms with Gasteiger partial charge >= 0.3 is 0 Å². The number of nitrogens with one attached hydrogen (secondary N) is 1. The minimum absolute atomic E-state index is 0.0212. The molecule has 3 heteroatoms. The highest BCUT2D eigenvalue weighted by Gasteiger charge is 2.42. The summed E-state index contributed by atoms with van der Waals surface area (Å²) in [6.07, 6.45) is 16.6. The molecule has 0 fully saturated rings. The molecule has 0 bridgehead atoms. The molecule has 2 aliphatic carbocycles. The van der Waals surface area contributed by atoms with Gasteiger partial charge in [-0.25, -0.2) is 0 Å². The molecule has 1 aromatic carbocycles. The van der Waals surface area contributed by atoms with E-state index in [1.165, 1.54) is 0 Å². The average molecular weight is 287 g/mol. The highest BCUT2D eigenvalue weighted by Crippen LogP contribution is 2.47. The molecular formula is C19H13NO2. The van der Waals surface area contributed by atoms with Crippen molar-refractivity contribution in [1.82, 2.24) is 5.32 Å². The molecule has 4 aliphatic rings. The van der Waals surface area contributed by atoms with Crippen LogP contribution in [0.4, 0.5) is 0 Å². The second-order valence-electron chi connectivity index (χ2n) is 5.83. The quantitative estimate of drug-likeness (QED) is 0.796. The summed E-state index contributed by atoms with van der Waals surface area (Å²) in [4.78, 5) is 11.9. The first kappa shape index (κ1) is 11.8. The number of carbonyl (C=O) groups excluding carboxylic acids is 1. The van der Waals surface area contributed by atoms with Gasteiger partial charge in [0.05, 0.1) is 0 Å². The van der Waals surface area contributed by atoms with Crippen LogP contribution in [0, 0.1) is 0 Å². The van der Waals surface area contributed by atoms with Crippen LogP contribution in [-0.4, -0.2) is 11.5 Å². The van der Waals surface area contributed by atoms with Crippen LogP contribution in [0.25, 0.3) is 6.08 Å². The SMILES string of the molecule is O=C1NCc2c1ccc1c2OC23C=CC=CC2=CC=CC3=C1. The van der Waals surface area contributed by atoms with Crippen LogP contribution in [0.3, 0.4) is 0 Å². The van der Waals surface area contributed by atoms with E-state index in [2.05, 4.69) is 41.8 Å². The summed E-state index contributed by atoms with van der Waals surface area (Å²) in [6, 6.07) is 3.85. The molecule has 106 valence electrons. The van der Waals surface area contributed by atoms with Gasteiger partial charge in [-0.2, -0.15) is 0 Å². The first-order chi connectivity index (χ1) is 10.8. The van der Waals surface area contributed by atoms with Gasteiger partial charge in [-0.1, -0.05) is 42.5 Å². The van der Waals surface area contributed by atoms with E-state index in [0.29, 0.717) is 6.54 Å². The lowest BCUT2D eigenvalue weighted by molar-refractivity contribution is 0.0965. The van der Waals surface area contributed by atoms with Gasteiger partial charge < -0.3 is 10.1 Å². The predicted octanol–water partition coefficient (Wildman–Crippen LogP) is 3.07. The molecule has 1 amide bonds. The number of ether oxygens (including phenoxy) is 1. The van der Waals surface area contributed by atoms with Crippen molar-refractivity contribution in [3.05, 3.63) is 82.5 Å². The lowest BCUT2D eigenvalue weighted by atomic mass is 9.77. The molecule has 5 rings (SSSR count). The Balaban J connectivity index is 1.77. The Kier molecular flexibility index (Phi) is 2.09. The molecule has 2 heterocycles. The molecule has 1 aromatic rings. The standard InChI is InChI=1S/C19H13NO2/c21-18-15-8-7-12-10-14-6-3-5-13-4-1-2-9-19(13,14)22-17(12)16(15)11-20-18/h1-10H,11H2,(H,20,21). The van der Waals surface area contributed by atoms with Crippen LogP contribution in [0.1, 0.15) is 21.5 Å². The normalized spacial score (nSPS) is 26.1. The molecule has 3 nitrogen and oxygen atoms in total. The Morgan fingerprint density at radius 2 is 2.00 bits per heavy atom. The summed E-state index contributed by atoms with van der Waals surface area (Å²) in [7, 11) is 0. The lowest BCUT2D eigenvalue weighted by Crippen LogP contribution is -2.41. The highest BCUT2D eigenvalue weighted by molar-refractivity contribution is 6.00. The summed E-state index contributed by atoms with van der Waals surface area (Å²) in [5, 5.41) is 2.88. The minimum Gasteiger partial charge on any atom is -0.473 e. The molecular weight excluding hydrogens is 274 g/mol. The number of carbonyl (C=O) groups is 1. The Bertz CT molecular complexity index is 883. The number of benzene rings is 1. The molecule has 1 unspecified atom stereocenters. The molecule has 1 N–H and O–H groups in total. The van der Waals surface area contributed by atoms with E-state index in [-0.39, 0.29) is 5.91 Å². The van der Waals surface area contributed by atoms with E-state index >= 15 is 0 Å². The largest absolute Gasteiger partial charge is 0.473 e. The van der Waals surface area contributed by atoms with Gasteiger partial charge in [0.2, 0.25) is 0 Å². The highest BCUT2D eigenvalue weighted by atomic mass is 16.5. The molecule has 0 aromatic heterocycles. The van der Waals surface area contributed by atoms with Crippen molar-refractivity contribution in [2.45, 2.75) is 12.1 Å². The van der Waals surface area contributed by atoms with E-state index in [1.54, 1.807) is 0 Å². The number of allylic oxidation sites excluding steroid dienone is 4. The van der Waals surface area contributed by atoms with Gasteiger partial charge in [-0.15, -0.1) is 0 Å². The van der Waals surface area contributed by atoms with Crippen molar-refractivity contribution in [3.8, 4) is 5.75 Å². The molecule has 0 saturated carbocycles. The molecule has 0 saturated heterocycles. The third kappa shape index (κ3) is 1.33. The van der Waals surface area contributed by atoms with Crippen molar-refractivity contribution < 1.29 is 9.53 Å². The van der Waals surface area contributed by atoms with Crippen molar-refractivity contribution in [1.29, 1.82) is 0 Å². The molecule has 22 heavy (non-hydrogen) atoms. The Hall–Kier alpha value is -2.81. The van der Waals surface area contributed by atoms with Gasteiger partial charge in [0.25, 0.3) is 5.91 Å². The van der Waals surface area contributed by atoms with E-state index in [1.807, 2.05) is 24.3 Å². The van der Waals surface area contributed by atoms with Crippen LogP contribution in [0.2, 0.25) is 0 Å². The van der Waals surface area contributed by atoms with Crippen molar-refractivity contribution in [3.63, 3.8) is 0 Å². The molecule has 0 radical (unpaired) electrons. The predicted molar refractivity (Wildman–Crippen MR) is 84.5 cm³/mol. The summed E-state index contributed by atoms with van der Waals surface area (Å²) >= 11 is 0.